The lowest BCUT2D eigenvalue weighted by Gasteiger charge is -2.22. The molecule has 10 aromatic rings. The van der Waals surface area contributed by atoms with E-state index in [2.05, 4.69) is 184 Å². The maximum Gasteiger partial charge on any atom is 0.0437 e. The van der Waals surface area contributed by atoms with E-state index in [9.17, 15) is 0 Å². The minimum Gasteiger partial charge on any atom is -0.134 e. The van der Waals surface area contributed by atoms with Gasteiger partial charge in [-0.25, -0.2) is 0 Å². The molecule has 9 aromatic carbocycles. The van der Waals surface area contributed by atoms with Crippen LogP contribution in [-0.2, 0) is 5.41 Å². The molecule has 0 radical (unpaired) electrons. The van der Waals surface area contributed by atoms with Crippen LogP contribution >= 0.6 is 11.3 Å². The first-order valence-corrected chi connectivity index (χ1v) is 19.0. The summed E-state index contributed by atoms with van der Waals surface area (Å²) in [5.41, 5.74) is 13.1. The fraction of sp³-hybridized carbons (Fsp3) is 0.0588. The van der Waals surface area contributed by atoms with Crippen molar-refractivity contribution in [1.82, 2.24) is 0 Å². The van der Waals surface area contributed by atoms with Crippen molar-refractivity contribution in [2.75, 3.05) is 0 Å². The predicted octanol–water partition coefficient (Wildman–Crippen LogP) is 14.8. The summed E-state index contributed by atoms with van der Waals surface area (Å²) in [5.74, 6) is 0. The smallest absolute Gasteiger partial charge is 0.0437 e. The molecule has 0 spiro atoms. The zero-order valence-corrected chi connectivity index (χ0v) is 29.9. The normalized spacial score (nSPS) is 13.3. The first-order valence-electron chi connectivity index (χ1n) is 18.2. The molecule has 0 aliphatic heterocycles. The van der Waals surface area contributed by atoms with E-state index >= 15 is 0 Å². The van der Waals surface area contributed by atoms with Crippen LogP contribution in [0.3, 0.4) is 0 Å². The maximum atomic E-state index is 2.51. The van der Waals surface area contributed by atoms with Gasteiger partial charge in [-0.1, -0.05) is 172 Å². The second kappa shape index (κ2) is 11.0. The lowest BCUT2D eigenvalue weighted by atomic mass is 9.81. The van der Waals surface area contributed by atoms with E-state index in [-0.39, 0.29) is 5.41 Å². The third-order valence-electron chi connectivity index (χ3n) is 11.7. The fourth-order valence-electron chi connectivity index (χ4n) is 9.21. The molecule has 0 fully saturated rings. The van der Waals surface area contributed by atoms with Crippen molar-refractivity contribution < 1.29 is 0 Å². The van der Waals surface area contributed by atoms with Crippen LogP contribution in [0.25, 0.3) is 97.0 Å². The molecule has 0 saturated carbocycles. The molecule has 0 bridgehead atoms. The van der Waals surface area contributed by atoms with E-state index in [4.69, 9.17) is 0 Å². The third-order valence-corrected chi connectivity index (χ3v) is 12.9. The highest BCUT2D eigenvalue weighted by molar-refractivity contribution is 7.26. The summed E-state index contributed by atoms with van der Waals surface area (Å²) in [4.78, 5) is 0. The average molecular weight is 679 g/mol. The van der Waals surface area contributed by atoms with Gasteiger partial charge in [0.1, 0.15) is 0 Å². The van der Waals surface area contributed by atoms with Crippen LogP contribution in [0.4, 0.5) is 0 Å². The molecule has 0 unspecified atom stereocenters. The molecule has 0 atom stereocenters. The largest absolute Gasteiger partial charge is 0.134 e. The number of fused-ring (bicyclic) bond motifs is 11. The molecular weight excluding hydrogens is 645 g/mol. The molecule has 1 aliphatic rings. The van der Waals surface area contributed by atoms with Crippen molar-refractivity contribution in [2.45, 2.75) is 19.3 Å². The predicted molar refractivity (Wildman–Crippen MR) is 226 cm³/mol. The Morgan fingerprint density at radius 3 is 1.62 bits per heavy atom. The van der Waals surface area contributed by atoms with Crippen molar-refractivity contribution in [3.8, 4) is 44.5 Å². The van der Waals surface area contributed by atoms with Gasteiger partial charge in [-0.15, -0.1) is 11.3 Å². The van der Waals surface area contributed by atoms with Gasteiger partial charge >= 0.3 is 0 Å². The summed E-state index contributed by atoms with van der Waals surface area (Å²) in [6.07, 6.45) is 0. The van der Waals surface area contributed by atoms with Gasteiger partial charge < -0.3 is 0 Å². The van der Waals surface area contributed by atoms with Crippen LogP contribution in [0.5, 0.6) is 0 Å². The van der Waals surface area contributed by atoms with Crippen molar-refractivity contribution in [2.24, 2.45) is 0 Å². The molecule has 244 valence electrons. The molecule has 1 aliphatic carbocycles. The van der Waals surface area contributed by atoms with Gasteiger partial charge in [0, 0.05) is 31.2 Å². The topological polar surface area (TPSA) is 0 Å². The fourth-order valence-corrected chi connectivity index (χ4v) is 10.5. The molecule has 52 heavy (non-hydrogen) atoms. The highest BCUT2D eigenvalue weighted by Gasteiger charge is 2.37. The summed E-state index contributed by atoms with van der Waals surface area (Å²) in [5, 5.41) is 10.5. The van der Waals surface area contributed by atoms with Gasteiger partial charge in [-0.2, -0.15) is 0 Å². The standard InChI is InChI=1S/C51H34S/c1-51(2)43-27-24-35(30-42(43)49-44(51)28-26-41-48-36-15-7-6-14-33(36)25-29-45(48)52-50(41)49)47-39-18-10-8-16-37(39)46(38-17-9-11-19-40(38)47)34-22-20-32(21-23-34)31-12-4-3-5-13-31/h3-30H,1-2H3. The first kappa shape index (κ1) is 29.7. The number of benzene rings is 9. The Labute approximate surface area is 307 Å². The quantitative estimate of drug-likeness (QED) is 0.163. The summed E-state index contributed by atoms with van der Waals surface area (Å²) >= 11 is 1.95. The van der Waals surface area contributed by atoms with Gasteiger partial charge in [0.25, 0.3) is 0 Å². The van der Waals surface area contributed by atoms with Crippen LogP contribution in [-0.4, -0.2) is 0 Å². The summed E-state index contributed by atoms with van der Waals surface area (Å²) in [6, 6.07) is 63.3. The van der Waals surface area contributed by atoms with Crippen LogP contribution in [0.1, 0.15) is 25.0 Å². The Morgan fingerprint density at radius 1 is 0.385 bits per heavy atom. The molecular formula is C51H34S. The third kappa shape index (κ3) is 4.15. The van der Waals surface area contributed by atoms with Crippen LogP contribution in [0, 0.1) is 0 Å². The zero-order valence-electron chi connectivity index (χ0n) is 29.1. The van der Waals surface area contributed by atoms with Gasteiger partial charge in [0.15, 0.2) is 0 Å². The monoisotopic (exact) mass is 678 g/mol. The van der Waals surface area contributed by atoms with Gasteiger partial charge in [-0.05, 0) is 94.5 Å². The molecule has 0 N–H and O–H groups in total. The molecule has 1 heterocycles. The number of thiophene rings is 1. The Balaban J connectivity index is 1.15. The van der Waals surface area contributed by atoms with E-state index < -0.39 is 0 Å². The second-order valence-corrected chi connectivity index (χ2v) is 15.8. The Hall–Kier alpha value is -6.02. The number of hydrogen-bond donors (Lipinski definition) is 0. The van der Waals surface area contributed by atoms with Crippen LogP contribution in [0.15, 0.2) is 170 Å². The molecule has 0 amide bonds. The zero-order chi connectivity index (χ0) is 34.6. The summed E-state index contributed by atoms with van der Waals surface area (Å²) in [6.45, 7) is 4.79. The van der Waals surface area contributed by atoms with Gasteiger partial charge in [0.05, 0.1) is 0 Å². The maximum absolute atomic E-state index is 2.51. The van der Waals surface area contributed by atoms with Gasteiger partial charge in [0.2, 0.25) is 0 Å². The van der Waals surface area contributed by atoms with Crippen LogP contribution < -0.4 is 0 Å². The lowest BCUT2D eigenvalue weighted by molar-refractivity contribution is 0.661. The molecule has 0 nitrogen and oxygen atoms in total. The summed E-state index contributed by atoms with van der Waals surface area (Å²) in [7, 11) is 0. The minimum atomic E-state index is -0.0878. The van der Waals surface area contributed by atoms with Crippen molar-refractivity contribution in [1.29, 1.82) is 0 Å². The van der Waals surface area contributed by atoms with Crippen LogP contribution in [0.2, 0.25) is 0 Å². The second-order valence-electron chi connectivity index (χ2n) is 14.8. The van der Waals surface area contributed by atoms with Crippen molar-refractivity contribution in [3.05, 3.63) is 181 Å². The molecule has 1 aromatic heterocycles. The molecule has 11 rings (SSSR count). The minimum absolute atomic E-state index is 0.0878. The van der Waals surface area contributed by atoms with Gasteiger partial charge in [-0.3, -0.25) is 0 Å². The first-order chi connectivity index (χ1) is 25.6. The lowest BCUT2D eigenvalue weighted by Crippen LogP contribution is -2.14. The van der Waals surface area contributed by atoms with Crippen molar-refractivity contribution >= 4 is 63.8 Å². The molecule has 1 heteroatoms. The van der Waals surface area contributed by atoms with E-state index in [0.717, 1.165) is 0 Å². The number of hydrogen-bond acceptors (Lipinski definition) is 1. The molecule has 0 saturated heterocycles. The SMILES string of the molecule is CC1(C)c2ccc(-c3c4ccccc4c(-c4ccc(-c5ccccc5)cc4)c4ccccc34)cc2-c2c1ccc1c2sc2ccc3ccccc3c21. The van der Waals surface area contributed by atoms with E-state index in [1.165, 1.54) is 108 Å². The Morgan fingerprint density at radius 2 is 0.923 bits per heavy atom. The highest BCUT2D eigenvalue weighted by Crippen LogP contribution is 2.55. The number of rotatable bonds is 3. The Bertz CT molecular complexity index is 3010. The summed E-state index contributed by atoms with van der Waals surface area (Å²) < 4.78 is 2.76. The van der Waals surface area contributed by atoms with E-state index in [1.54, 1.807) is 0 Å². The van der Waals surface area contributed by atoms with Crippen molar-refractivity contribution in [3.63, 3.8) is 0 Å². The Kier molecular flexibility index (Phi) is 6.27. The average Bonchev–Trinajstić information content (AvgIpc) is 3.69. The van der Waals surface area contributed by atoms with E-state index in [0.29, 0.717) is 0 Å². The highest BCUT2D eigenvalue weighted by atomic mass is 32.1. The van der Waals surface area contributed by atoms with E-state index in [1.807, 2.05) is 11.3 Å².